The van der Waals surface area contributed by atoms with E-state index in [1.165, 1.54) is 12.8 Å². The van der Waals surface area contributed by atoms with Gasteiger partial charge in [0.1, 0.15) is 5.82 Å². The van der Waals surface area contributed by atoms with Crippen LogP contribution in [0.25, 0.3) is 0 Å². The Balaban J connectivity index is 1.81. The first-order chi connectivity index (χ1) is 8.70. The molecule has 0 aliphatic heterocycles. The quantitative estimate of drug-likeness (QED) is 0.568. The molecule has 1 aliphatic carbocycles. The molecule has 0 amide bonds. The van der Waals surface area contributed by atoms with E-state index in [2.05, 4.69) is 9.88 Å². The molecule has 0 spiro atoms. The Morgan fingerprint density at radius 3 is 2.94 bits per heavy atom. The topological polar surface area (TPSA) is 25.4 Å². The third-order valence-corrected chi connectivity index (χ3v) is 3.71. The summed E-state index contributed by atoms with van der Waals surface area (Å²) < 4.78 is 5.61. The Hall–Kier alpha value is -0.510. The highest BCUT2D eigenvalue weighted by Crippen LogP contribution is 2.28. The summed E-state index contributed by atoms with van der Waals surface area (Å²) in [5.41, 5.74) is 0.911. The SMILES string of the molecule is CN(CCOCC1CC1)c1cc(CCl)c(Cl)cn1. The van der Waals surface area contributed by atoms with Gasteiger partial charge >= 0.3 is 0 Å². The third kappa shape index (κ3) is 4.01. The van der Waals surface area contributed by atoms with Crippen LogP contribution in [0, 0.1) is 5.92 Å². The van der Waals surface area contributed by atoms with Crippen molar-refractivity contribution < 1.29 is 4.74 Å². The van der Waals surface area contributed by atoms with E-state index in [1.54, 1.807) is 6.20 Å². The highest BCUT2D eigenvalue weighted by molar-refractivity contribution is 6.32. The molecule has 0 radical (unpaired) electrons. The summed E-state index contributed by atoms with van der Waals surface area (Å²) in [5.74, 6) is 2.09. The number of nitrogens with zero attached hydrogens (tertiary/aromatic N) is 2. The van der Waals surface area contributed by atoms with Crippen LogP contribution in [-0.4, -0.2) is 31.8 Å². The van der Waals surface area contributed by atoms with Gasteiger partial charge in [-0.3, -0.25) is 0 Å². The maximum Gasteiger partial charge on any atom is 0.128 e. The van der Waals surface area contributed by atoms with Crippen molar-refractivity contribution in [3.63, 3.8) is 0 Å². The van der Waals surface area contributed by atoms with Crippen LogP contribution in [0.1, 0.15) is 18.4 Å². The lowest BCUT2D eigenvalue weighted by Crippen LogP contribution is -2.24. The van der Waals surface area contributed by atoms with E-state index < -0.39 is 0 Å². The molecule has 1 saturated carbocycles. The second-order valence-electron chi connectivity index (χ2n) is 4.71. The Morgan fingerprint density at radius 1 is 1.50 bits per heavy atom. The number of anilines is 1. The molecule has 1 aromatic heterocycles. The number of pyridine rings is 1. The minimum atomic E-state index is 0.403. The number of likely N-dealkylation sites (N-methyl/N-ethyl adjacent to an activating group) is 1. The van der Waals surface area contributed by atoms with Crippen molar-refractivity contribution in [3.05, 3.63) is 22.8 Å². The van der Waals surface area contributed by atoms with Gasteiger partial charge in [0, 0.05) is 32.3 Å². The van der Waals surface area contributed by atoms with Crippen molar-refractivity contribution in [2.24, 2.45) is 5.92 Å². The third-order valence-electron chi connectivity index (χ3n) is 3.08. The molecule has 100 valence electrons. The largest absolute Gasteiger partial charge is 0.379 e. The molecule has 1 aromatic rings. The van der Waals surface area contributed by atoms with Crippen LogP contribution in [0.2, 0.25) is 5.02 Å². The number of hydrogen-bond donors (Lipinski definition) is 0. The lowest BCUT2D eigenvalue weighted by Gasteiger charge is -2.19. The fraction of sp³-hybridized carbons (Fsp3) is 0.615. The first-order valence-electron chi connectivity index (χ1n) is 6.20. The van der Waals surface area contributed by atoms with E-state index in [-0.39, 0.29) is 0 Å². The summed E-state index contributed by atoms with van der Waals surface area (Å²) in [7, 11) is 1.99. The van der Waals surface area contributed by atoms with Crippen LogP contribution < -0.4 is 4.90 Å². The van der Waals surface area contributed by atoms with E-state index in [4.69, 9.17) is 27.9 Å². The summed E-state index contributed by atoms with van der Waals surface area (Å²) in [6.45, 7) is 2.45. The van der Waals surface area contributed by atoms with Crippen LogP contribution in [0.15, 0.2) is 12.3 Å². The Labute approximate surface area is 118 Å². The highest BCUT2D eigenvalue weighted by Gasteiger charge is 2.21. The molecule has 0 N–H and O–H groups in total. The van der Waals surface area contributed by atoms with Gasteiger partial charge in [0.05, 0.1) is 11.6 Å². The highest BCUT2D eigenvalue weighted by atomic mass is 35.5. The van der Waals surface area contributed by atoms with Crippen LogP contribution in [0.4, 0.5) is 5.82 Å². The average Bonchev–Trinajstić information content (AvgIpc) is 3.19. The Kier molecular flexibility index (Phi) is 5.10. The zero-order chi connectivity index (χ0) is 13.0. The first kappa shape index (κ1) is 13.9. The maximum atomic E-state index is 5.98. The van der Waals surface area contributed by atoms with Crippen molar-refractivity contribution >= 4 is 29.0 Å². The minimum Gasteiger partial charge on any atom is -0.379 e. The van der Waals surface area contributed by atoms with Gasteiger partial charge in [-0.25, -0.2) is 4.98 Å². The van der Waals surface area contributed by atoms with Gasteiger partial charge < -0.3 is 9.64 Å². The molecule has 0 saturated heterocycles. The van der Waals surface area contributed by atoms with Gasteiger partial charge in [-0.1, -0.05) is 11.6 Å². The zero-order valence-corrected chi connectivity index (χ0v) is 12.0. The summed E-state index contributed by atoms with van der Waals surface area (Å²) in [6, 6.07) is 1.93. The van der Waals surface area contributed by atoms with Gasteiger partial charge in [-0.2, -0.15) is 0 Å². The summed E-state index contributed by atoms with van der Waals surface area (Å²) in [5, 5.41) is 0.618. The van der Waals surface area contributed by atoms with E-state index >= 15 is 0 Å². The van der Waals surface area contributed by atoms with E-state index in [9.17, 15) is 0 Å². The van der Waals surface area contributed by atoms with Crippen LogP contribution in [-0.2, 0) is 10.6 Å². The first-order valence-corrected chi connectivity index (χ1v) is 7.11. The Bertz CT molecular complexity index is 397. The van der Waals surface area contributed by atoms with Gasteiger partial charge in [0.15, 0.2) is 0 Å². The molecule has 5 heteroatoms. The number of rotatable bonds is 7. The molecule has 0 unspecified atom stereocenters. The zero-order valence-electron chi connectivity index (χ0n) is 10.5. The molecule has 0 bridgehead atoms. The van der Waals surface area contributed by atoms with Gasteiger partial charge in [0.25, 0.3) is 0 Å². The number of hydrogen-bond acceptors (Lipinski definition) is 3. The molecule has 1 heterocycles. The maximum absolute atomic E-state index is 5.98. The van der Waals surface area contributed by atoms with Gasteiger partial charge in [-0.05, 0) is 30.4 Å². The summed E-state index contributed by atoms with van der Waals surface area (Å²) in [4.78, 5) is 6.35. The molecule has 3 nitrogen and oxygen atoms in total. The number of aromatic nitrogens is 1. The smallest absolute Gasteiger partial charge is 0.128 e. The molecular weight excluding hydrogens is 271 g/mol. The van der Waals surface area contributed by atoms with E-state index in [0.29, 0.717) is 10.9 Å². The molecule has 1 aliphatic rings. The molecule has 1 fully saturated rings. The van der Waals surface area contributed by atoms with E-state index in [1.807, 2.05) is 13.1 Å². The average molecular weight is 289 g/mol. The fourth-order valence-electron chi connectivity index (χ4n) is 1.63. The lowest BCUT2D eigenvalue weighted by molar-refractivity contribution is 0.131. The van der Waals surface area contributed by atoms with Crippen LogP contribution in [0.3, 0.4) is 0 Å². The van der Waals surface area contributed by atoms with Crippen molar-refractivity contribution in [1.82, 2.24) is 4.98 Å². The molecule has 0 atom stereocenters. The number of halogens is 2. The standard InChI is InChI=1S/C13H18Cl2N2O/c1-17(4-5-18-9-10-2-3-10)13-6-11(7-14)12(15)8-16-13/h6,8,10H,2-5,7,9H2,1H3. The fourth-order valence-corrected chi connectivity index (χ4v) is 2.09. The van der Waals surface area contributed by atoms with Crippen molar-refractivity contribution in [1.29, 1.82) is 0 Å². The van der Waals surface area contributed by atoms with Crippen molar-refractivity contribution in [2.45, 2.75) is 18.7 Å². The lowest BCUT2D eigenvalue weighted by atomic mass is 10.3. The summed E-state index contributed by atoms with van der Waals surface area (Å²) >= 11 is 11.8. The second kappa shape index (κ2) is 6.60. The van der Waals surface area contributed by atoms with Crippen molar-refractivity contribution in [2.75, 3.05) is 31.7 Å². The molecule has 0 aromatic carbocycles. The normalized spacial score (nSPS) is 14.8. The number of alkyl halides is 1. The van der Waals surface area contributed by atoms with Gasteiger partial charge in [-0.15, -0.1) is 11.6 Å². The monoisotopic (exact) mass is 288 g/mol. The van der Waals surface area contributed by atoms with Crippen LogP contribution in [0.5, 0.6) is 0 Å². The summed E-state index contributed by atoms with van der Waals surface area (Å²) in [6.07, 6.45) is 4.30. The van der Waals surface area contributed by atoms with Crippen LogP contribution >= 0.6 is 23.2 Å². The molecule has 2 rings (SSSR count). The van der Waals surface area contributed by atoms with Gasteiger partial charge in [0.2, 0.25) is 0 Å². The predicted octanol–water partition coefficient (Wildman–Crippen LogP) is 3.34. The second-order valence-corrected chi connectivity index (χ2v) is 5.38. The predicted molar refractivity (Wildman–Crippen MR) is 75.6 cm³/mol. The Morgan fingerprint density at radius 2 is 2.28 bits per heavy atom. The number of ether oxygens (including phenoxy) is 1. The van der Waals surface area contributed by atoms with Crippen molar-refractivity contribution in [3.8, 4) is 0 Å². The molecule has 18 heavy (non-hydrogen) atoms. The minimum absolute atomic E-state index is 0.403. The molecular formula is C13H18Cl2N2O. The van der Waals surface area contributed by atoms with E-state index in [0.717, 1.165) is 37.1 Å².